The van der Waals surface area contributed by atoms with Gasteiger partial charge < -0.3 is 5.11 Å². The van der Waals surface area contributed by atoms with E-state index in [2.05, 4.69) is 0 Å². The molecular weight excluding hydrogens is 406 g/mol. The van der Waals surface area contributed by atoms with Gasteiger partial charge in [-0.25, -0.2) is 0 Å². The molecule has 0 aliphatic rings. The fourth-order valence-corrected chi connectivity index (χ4v) is 2.48. The quantitative estimate of drug-likeness (QED) is 0.432. The van der Waals surface area contributed by atoms with Gasteiger partial charge in [-0.2, -0.15) is 35.1 Å². The van der Waals surface area contributed by atoms with E-state index in [0.717, 1.165) is 0 Å². The Hall–Kier alpha value is -2.76. The number of alkyl halides is 8. The molecular formula is C16H9F8NO3. The van der Waals surface area contributed by atoms with Crippen LogP contribution in [-0.2, 0) is 11.8 Å². The summed E-state index contributed by atoms with van der Waals surface area (Å²) in [5.74, 6) is -5.93. The van der Waals surface area contributed by atoms with Crippen LogP contribution in [0.3, 0.4) is 0 Å². The van der Waals surface area contributed by atoms with Gasteiger partial charge in [0, 0.05) is 12.1 Å². The molecule has 0 aliphatic carbocycles. The first-order valence-electron chi connectivity index (χ1n) is 7.22. The van der Waals surface area contributed by atoms with E-state index in [1.165, 1.54) is 0 Å². The number of hydrogen-bond donors (Lipinski definition) is 1. The van der Waals surface area contributed by atoms with Crippen LogP contribution >= 0.6 is 0 Å². The van der Waals surface area contributed by atoms with E-state index in [0.29, 0.717) is 42.5 Å². The van der Waals surface area contributed by atoms with E-state index in [-0.39, 0.29) is 6.07 Å². The van der Waals surface area contributed by atoms with E-state index < -0.39 is 51.2 Å². The number of benzene rings is 2. The SMILES string of the molecule is O=[N+]([O-])c1ccc(C(O)(c2cccc(C(F)(F)F)c2)C(F)(F)C(F)(F)F)cc1. The predicted molar refractivity (Wildman–Crippen MR) is 78.5 cm³/mol. The zero-order valence-corrected chi connectivity index (χ0v) is 13.4. The van der Waals surface area contributed by atoms with Crippen LogP contribution in [0.1, 0.15) is 16.7 Å². The fraction of sp³-hybridized carbons (Fsp3) is 0.250. The Morgan fingerprint density at radius 3 is 1.71 bits per heavy atom. The molecule has 0 saturated heterocycles. The number of halogens is 8. The van der Waals surface area contributed by atoms with E-state index in [9.17, 15) is 50.3 Å². The van der Waals surface area contributed by atoms with Crippen LogP contribution < -0.4 is 0 Å². The molecule has 0 radical (unpaired) electrons. The minimum Gasteiger partial charge on any atom is -0.374 e. The number of hydrogen-bond acceptors (Lipinski definition) is 3. The first-order valence-corrected chi connectivity index (χ1v) is 7.22. The zero-order valence-electron chi connectivity index (χ0n) is 13.4. The van der Waals surface area contributed by atoms with Crippen LogP contribution in [0.25, 0.3) is 0 Å². The van der Waals surface area contributed by atoms with Crippen molar-refractivity contribution in [2.75, 3.05) is 0 Å². The minimum absolute atomic E-state index is 0.0406. The van der Waals surface area contributed by atoms with Crippen molar-refractivity contribution in [3.63, 3.8) is 0 Å². The topological polar surface area (TPSA) is 63.4 Å². The molecule has 4 nitrogen and oxygen atoms in total. The molecule has 28 heavy (non-hydrogen) atoms. The lowest BCUT2D eigenvalue weighted by Gasteiger charge is -2.37. The Kier molecular flexibility index (Phi) is 5.15. The van der Waals surface area contributed by atoms with E-state index in [1.807, 2.05) is 0 Å². The Balaban J connectivity index is 2.79. The molecule has 1 unspecified atom stereocenters. The highest BCUT2D eigenvalue weighted by Crippen LogP contribution is 2.52. The predicted octanol–water partition coefficient (Wildman–Crippen LogP) is 5.05. The monoisotopic (exact) mass is 415 g/mol. The lowest BCUT2D eigenvalue weighted by atomic mass is 9.80. The molecule has 0 fully saturated rings. The van der Waals surface area contributed by atoms with Crippen molar-refractivity contribution in [1.29, 1.82) is 0 Å². The maximum atomic E-state index is 14.2. The van der Waals surface area contributed by atoms with E-state index in [1.54, 1.807) is 0 Å². The maximum absolute atomic E-state index is 14.2. The summed E-state index contributed by atoms with van der Waals surface area (Å²) < 4.78 is 106. The molecule has 12 heteroatoms. The fourth-order valence-electron chi connectivity index (χ4n) is 2.48. The second-order valence-corrected chi connectivity index (χ2v) is 5.67. The molecule has 0 heterocycles. The summed E-state index contributed by atoms with van der Waals surface area (Å²) in [6.45, 7) is 0. The van der Waals surface area contributed by atoms with Crippen LogP contribution in [0.4, 0.5) is 40.8 Å². The lowest BCUT2D eigenvalue weighted by Crippen LogP contribution is -2.55. The molecule has 0 amide bonds. The molecule has 1 N–H and O–H groups in total. The first-order chi connectivity index (χ1) is 12.6. The molecule has 1 atom stereocenters. The van der Waals surface area contributed by atoms with Gasteiger partial charge in [0.25, 0.3) is 5.69 Å². The van der Waals surface area contributed by atoms with Crippen LogP contribution in [0, 0.1) is 10.1 Å². The third kappa shape index (κ3) is 3.51. The van der Waals surface area contributed by atoms with Gasteiger partial charge >= 0.3 is 18.3 Å². The smallest absolute Gasteiger partial charge is 0.374 e. The van der Waals surface area contributed by atoms with Crippen LogP contribution in [0.2, 0.25) is 0 Å². The van der Waals surface area contributed by atoms with Gasteiger partial charge in [-0.15, -0.1) is 0 Å². The van der Waals surface area contributed by atoms with Gasteiger partial charge in [0.15, 0.2) is 5.60 Å². The maximum Gasteiger partial charge on any atom is 0.457 e. The summed E-state index contributed by atoms with van der Waals surface area (Å²) in [4.78, 5) is 9.66. The van der Waals surface area contributed by atoms with Crippen molar-refractivity contribution in [3.8, 4) is 0 Å². The Labute approximate surface area is 151 Å². The highest BCUT2D eigenvalue weighted by molar-refractivity contribution is 5.45. The van der Waals surface area contributed by atoms with Gasteiger partial charge in [-0.05, 0) is 35.4 Å². The summed E-state index contributed by atoms with van der Waals surface area (Å²) >= 11 is 0. The normalized spacial score (nSPS) is 15.2. The number of non-ortho nitro benzene ring substituents is 1. The second-order valence-electron chi connectivity index (χ2n) is 5.67. The first kappa shape index (κ1) is 21.5. The van der Waals surface area contributed by atoms with Gasteiger partial charge in [-0.1, -0.05) is 12.1 Å². The van der Waals surface area contributed by atoms with Crippen molar-refractivity contribution >= 4 is 5.69 Å². The number of nitrogens with zero attached hydrogens (tertiary/aromatic N) is 1. The standard InChI is InChI=1S/C16H9F8NO3/c17-14(18,19)11-3-1-2-10(8-11)13(26,15(20,21)16(22,23)24)9-4-6-12(7-5-9)25(27)28/h1-8,26H. The van der Waals surface area contributed by atoms with Crippen molar-refractivity contribution in [1.82, 2.24) is 0 Å². The molecule has 2 aromatic carbocycles. The Bertz CT molecular complexity index is 877. The summed E-state index contributed by atoms with van der Waals surface area (Å²) in [6, 6.07) is 3.32. The van der Waals surface area contributed by atoms with E-state index in [4.69, 9.17) is 0 Å². The van der Waals surface area contributed by atoms with Crippen LogP contribution in [0.5, 0.6) is 0 Å². The molecule has 0 bridgehead atoms. The van der Waals surface area contributed by atoms with Crippen molar-refractivity contribution in [3.05, 3.63) is 75.3 Å². The summed E-state index contributed by atoms with van der Waals surface area (Å²) in [5.41, 5.74) is -9.10. The lowest BCUT2D eigenvalue weighted by molar-refractivity contribution is -0.384. The van der Waals surface area contributed by atoms with Gasteiger partial charge in [-0.3, -0.25) is 10.1 Å². The number of rotatable bonds is 4. The highest BCUT2D eigenvalue weighted by atomic mass is 19.4. The minimum atomic E-state index is -6.35. The van der Waals surface area contributed by atoms with Crippen molar-refractivity contribution in [2.24, 2.45) is 0 Å². The summed E-state index contributed by atoms with van der Waals surface area (Å²) in [6.07, 6.45) is -11.4. The average molecular weight is 415 g/mol. The second kappa shape index (κ2) is 6.69. The molecule has 2 rings (SSSR count). The molecule has 0 aliphatic heterocycles. The average Bonchev–Trinajstić information content (AvgIpc) is 2.59. The highest BCUT2D eigenvalue weighted by Gasteiger charge is 2.71. The molecule has 152 valence electrons. The zero-order chi connectivity index (χ0) is 21.5. The molecule has 0 spiro atoms. The van der Waals surface area contributed by atoms with Crippen molar-refractivity contribution < 1.29 is 45.2 Å². The van der Waals surface area contributed by atoms with Gasteiger partial charge in [0.1, 0.15) is 0 Å². The van der Waals surface area contributed by atoms with Gasteiger partial charge in [0.05, 0.1) is 10.5 Å². The third-order valence-corrected chi connectivity index (χ3v) is 3.91. The molecule has 0 saturated carbocycles. The molecule has 0 aromatic heterocycles. The number of aliphatic hydroxyl groups is 1. The Morgan fingerprint density at radius 2 is 1.29 bits per heavy atom. The number of nitro groups is 1. The van der Waals surface area contributed by atoms with Crippen LogP contribution in [-0.4, -0.2) is 22.1 Å². The third-order valence-electron chi connectivity index (χ3n) is 3.91. The summed E-state index contributed by atoms with van der Waals surface area (Å²) in [5, 5.41) is 21.1. The van der Waals surface area contributed by atoms with Gasteiger partial charge in [0.2, 0.25) is 0 Å². The van der Waals surface area contributed by atoms with Crippen molar-refractivity contribution in [2.45, 2.75) is 23.9 Å². The summed E-state index contributed by atoms with van der Waals surface area (Å²) in [7, 11) is 0. The van der Waals surface area contributed by atoms with Crippen LogP contribution in [0.15, 0.2) is 48.5 Å². The molecule has 2 aromatic rings. The Morgan fingerprint density at radius 1 is 0.786 bits per heavy atom. The number of nitro benzene ring substituents is 1. The largest absolute Gasteiger partial charge is 0.457 e. The van der Waals surface area contributed by atoms with E-state index >= 15 is 0 Å².